The molecule has 33 atom stereocenters. The summed E-state index contributed by atoms with van der Waals surface area (Å²) in [6, 6.07) is -3.09. The van der Waals surface area contributed by atoms with Gasteiger partial charge < -0.3 is 170 Å². The molecule has 0 aromatic carbocycles. The molecule has 0 spiro atoms. The fourth-order valence-electron chi connectivity index (χ4n) is 15.7. The van der Waals surface area contributed by atoms with Crippen molar-refractivity contribution in [2.45, 2.75) is 429 Å². The van der Waals surface area contributed by atoms with E-state index in [4.69, 9.17) is 56.8 Å². The first-order valence-electron chi connectivity index (χ1n) is 42.5. The third-order valence-electron chi connectivity index (χ3n) is 22.8. The van der Waals surface area contributed by atoms with E-state index in [9.17, 15) is 117 Å². The van der Waals surface area contributed by atoms with Gasteiger partial charge in [0, 0.05) is 19.8 Å². The second-order valence-electron chi connectivity index (χ2n) is 32.0. The van der Waals surface area contributed by atoms with Crippen molar-refractivity contribution in [1.29, 1.82) is 0 Å². The van der Waals surface area contributed by atoms with E-state index in [2.05, 4.69) is 24.5 Å². The van der Waals surface area contributed by atoms with Gasteiger partial charge >= 0.3 is 5.97 Å². The normalized spacial score (nSPS) is 36.9. The van der Waals surface area contributed by atoms with Crippen LogP contribution in [0.15, 0.2) is 12.2 Å². The van der Waals surface area contributed by atoms with Gasteiger partial charge in [-0.1, -0.05) is 193 Å². The van der Waals surface area contributed by atoms with Crippen molar-refractivity contribution in [3.8, 4) is 0 Å². The topological polar surface area (TPSA) is 591 Å². The fraction of sp³-hybridized carbons (Fsp3) is 0.937. The Morgan fingerprint density at radius 2 is 0.897 bits per heavy atom. The van der Waals surface area contributed by atoms with Gasteiger partial charge in [-0.3, -0.25) is 9.59 Å². The number of ether oxygens (including phenoxy) is 12. The fourth-order valence-corrected chi connectivity index (χ4v) is 15.7. The van der Waals surface area contributed by atoms with Gasteiger partial charge in [0.15, 0.2) is 31.5 Å². The average Bonchev–Trinajstić information content (AvgIpc) is 0.760. The molecule has 678 valence electrons. The van der Waals surface area contributed by atoms with Gasteiger partial charge in [0.05, 0.1) is 64.0 Å². The Kier molecular flexibility index (Phi) is 46.6. The Labute approximate surface area is 679 Å². The van der Waals surface area contributed by atoms with Crippen molar-refractivity contribution in [1.82, 2.24) is 10.6 Å². The smallest absolute Gasteiger partial charge is 0.364 e. The molecule has 116 heavy (non-hydrogen) atoms. The van der Waals surface area contributed by atoms with Crippen molar-refractivity contribution < 1.29 is 173 Å². The Bertz CT molecular complexity index is 2720. The quantitative estimate of drug-likeness (QED) is 0.0242. The van der Waals surface area contributed by atoms with E-state index >= 15 is 0 Å². The number of hydrogen-bond acceptors (Lipinski definition) is 34. The van der Waals surface area contributed by atoms with Gasteiger partial charge in [-0.05, 0) is 26.2 Å². The molecule has 0 bridgehead atoms. The zero-order valence-electron chi connectivity index (χ0n) is 67.9. The van der Waals surface area contributed by atoms with E-state index in [1.807, 2.05) is 6.08 Å². The van der Waals surface area contributed by atoms with Crippen LogP contribution >= 0.6 is 0 Å². The molecule has 0 radical (unpaired) electrons. The zero-order valence-corrected chi connectivity index (χ0v) is 67.9. The maximum absolute atomic E-state index is 13.6. The molecule has 2 amide bonds. The molecule has 6 aliphatic heterocycles. The first kappa shape index (κ1) is 102. The van der Waals surface area contributed by atoms with E-state index in [0.29, 0.717) is 12.8 Å². The Morgan fingerprint density at radius 3 is 1.40 bits per heavy atom. The highest BCUT2D eigenvalue weighted by atomic mass is 16.8. The second kappa shape index (κ2) is 53.2. The second-order valence-corrected chi connectivity index (χ2v) is 32.0. The maximum Gasteiger partial charge on any atom is 0.364 e. The van der Waals surface area contributed by atoms with Crippen LogP contribution in [0.1, 0.15) is 227 Å². The van der Waals surface area contributed by atoms with Crippen LogP contribution in [0.3, 0.4) is 0 Å². The minimum absolute atomic E-state index is 0.154. The summed E-state index contributed by atoms with van der Waals surface area (Å²) in [6.45, 7) is 0.555. The Morgan fingerprint density at radius 1 is 0.466 bits per heavy atom. The number of aliphatic hydroxyl groups excluding tert-OH is 19. The molecule has 6 aliphatic rings. The van der Waals surface area contributed by atoms with Gasteiger partial charge in [-0.15, -0.1) is 0 Å². The van der Waals surface area contributed by atoms with Crippen LogP contribution in [-0.4, -0.2) is 361 Å². The summed E-state index contributed by atoms with van der Waals surface area (Å²) in [4.78, 5) is 40.2. The molecule has 22 N–H and O–H groups in total. The predicted molar refractivity (Wildman–Crippen MR) is 407 cm³/mol. The number of aliphatic hydroxyl groups is 19. The molecule has 12 unspecified atom stereocenters. The van der Waals surface area contributed by atoms with Gasteiger partial charge in [0.1, 0.15) is 140 Å². The van der Waals surface area contributed by atoms with E-state index < -0.39 is 260 Å². The van der Waals surface area contributed by atoms with Crippen LogP contribution in [0.25, 0.3) is 0 Å². The highest BCUT2D eigenvalue weighted by Gasteiger charge is 2.62. The largest absolute Gasteiger partial charge is 0.477 e. The molecule has 37 heteroatoms. The lowest BCUT2D eigenvalue weighted by Crippen LogP contribution is -2.72. The summed E-state index contributed by atoms with van der Waals surface area (Å²) in [7, 11) is 0. The summed E-state index contributed by atoms with van der Waals surface area (Å²) >= 11 is 0. The van der Waals surface area contributed by atoms with Crippen molar-refractivity contribution >= 4 is 17.8 Å². The zero-order chi connectivity index (χ0) is 85.2. The first-order valence-corrected chi connectivity index (χ1v) is 42.5. The lowest BCUT2D eigenvalue weighted by molar-refractivity contribution is -0.401. The number of carbonyl (C=O) groups excluding carboxylic acids is 2. The van der Waals surface area contributed by atoms with Crippen LogP contribution in [0.2, 0.25) is 0 Å². The minimum atomic E-state index is -3.27. The predicted octanol–water partition coefficient (Wildman–Crippen LogP) is -1.55. The highest BCUT2D eigenvalue weighted by molar-refractivity contribution is 5.76. The van der Waals surface area contributed by atoms with Crippen LogP contribution in [-0.2, 0) is 71.2 Å². The van der Waals surface area contributed by atoms with Crippen molar-refractivity contribution in [3.05, 3.63) is 12.2 Å². The average molecular weight is 1680 g/mol. The first-order chi connectivity index (χ1) is 55.6. The van der Waals surface area contributed by atoms with E-state index in [1.165, 1.54) is 129 Å². The van der Waals surface area contributed by atoms with E-state index in [1.54, 1.807) is 6.08 Å². The number of aliphatic carboxylic acids is 1. The molecule has 6 saturated heterocycles. The molecule has 0 aromatic rings. The number of nitrogens with one attached hydrogen (secondary N) is 2. The van der Waals surface area contributed by atoms with Crippen molar-refractivity contribution in [3.63, 3.8) is 0 Å². The Hall–Kier alpha value is -3.09. The molecular weight excluding hydrogens is 1540 g/mol. The summed E-state index contributed by atoms with van der Waals surface area (Å²) in [5.74, 6) is -6.72. The van der Waals surface area contributed by atoms with Crippen LogP contribution in [0.5, 0.6) is 0 Å². The molecular formula is C79H142N2O35. The number of carbonyl (C=O) groups is 3. The summed E-state index contributed by atoms with van der Waals surface area (Å²) in [5, 5.41) is 228. The monoisotopic (exact) mass is 1680 g/mol. The van der Waals surface area contributed by atoms with Gasteiger partial charge in [-0.2, -0.15) is 0 Å². The standard InChI is InChI=1S/C79H142N2O35/c1-5-7-9-11-13-15-17-19-20-21-22-24-26-28-30-32-34-36-54(91)81-46(47(88)35-33-31-29-27-25-23-18-16-14-12-10-8-6-2)43-105-74-64(100)62(98)67(52(41-85)110-74)111-76-65(101)70(59(95)50(39-83)107-76)114-73-55(80-45(4)87)69(113-75-63(99)61(97)56(92)44(3)106-75)68(53(42-86)109-73)112-77-66(102)72(60(96)51(40-84)108-77)116-79(78(103)104)37-48(89)57(93)71(115-79)58(94)49(90)38-82/h33,35,44,46-53,55-77,82-86,88-90,92-102H,5-32,34,36-43H2,1-4H3,(H,80,87)(H,81,91)(H,103,104)/b35-33+/t44?,46-,47+,48?,49+,50?,51?,52?,53?,55?,56+,57+,58+,59-,60-,61?,62+,63-,64?,65?,66?,67+,68+,69+,70-,71?,72-,73-,74+,75+,76-,77-,79-/m0/s1. The van der Waals surface area contributed by atoms with Gasteiger partial charge in [0.25, 0.3) is 5.79 Å². The molecule has 6 heterocycles. The summed E-state index contributed by atoms with van der Waals surface area (Å²) in [6.07, 6.45) is -25.8. The third-order valence-corrected chi connectivity index (χ3v) is 22.8. The summed E-state index contributed by atoms with van der Waals surface area (Å²) < 4.78 is 71.7. The molecule has 0 saturated carbocycles. The molecule has 37 nitrogen and oxygen atoms in total. The van der Waals surface area contributed by atoms with E-state index in [-0.39, 0.29) is 12.3 Å². The maximum atomic E-state index is 13.6. The molecule has 6 rings (SSSR count). The molecule has 0 aromatic heterocycles. The Balaban J connectivity index is 1.17. The number of carboxylic acids is 1. The number of hydrogen-bond donors (Lipinski definition) is 22. The van der Waals surface area contributed by atoms with Crippen molar-refractivity contribution in [2.24, 2.45) is 0 Å². The number of allylic oxidation sites excluding steroid dienone is 1. The number of carboxylic acid groups (broad SMARTS) is 1. The van der Waals surface area contributed by atoms with Crippen LogP contribution in [0.4, 0.5) is 0 Å². The third kappa shape index (κ3) is 30.1. The lowest BCUT2D eigenvalue weighted by atomic mass is 9.90. The van der Waals surface area contributed by atoms with Crippen LogP contribution < -0.4 is 10.6 Å². The number of unbranched alkanes of at least 4 members (excludes halogenated alkanes) is 27. The van der Waals surface area contributed by atoms with E-state index in [0.717, 1.165) is 58.3 Å². The number of rotatable bonds is 55. The van der Waals surface area contributed by atoms with Gasteiger partial charge in [0.2, 0.25) is 11.8 Å². The lowest BCUT2D eigenvalue weighted by Gasteiger charge is -2.52. The van der Waals surface area contributed by atoms with Crippen molar-refractivity contribution in [2.75, 3.05) is 39.6 Å². The SMILES string of the molecule is CCCCCCCCCCCCC/C=C/[C@@H](O)[C@H](CO[C@@H]1OC(CO)[C@@H](O[C@@H]2OC(CO)[C@H](O)[C@H](O[C@@H]3OC(CO)[C@@H](O[C@@H]4OC(CO)[C@H](O)[C@H](O[C@]5(C(=O)O)CC(O)[C@@H](O)C([C@H](O)[C@H](O)CO)O5)C4O)[C@H](O[C@H]4OC(C)[C@@H](O)C(O)[C@@H]4O)C3NC(C)=O)C2O)[C@H](O)C1O)NC(=O)CCCCCCCCCCCCCCCCCCC. The molecule has 6 fully saturated rings. The number of amides is 2. The van der Waals surface area contributed by atoms with Gasteiger partial charge in [-0.25, -0.2) is 4.79 Å². The molecule has 0 aliphatic carbocycles. The summed E-state index contributed by atoms with van der Waals surface area (Å²) in [5.41, 5.74) is 0. The van der Waals surface area contributed by atoms with Crippen LogP contribution in [0, 0.1) is 0 Å². The minimum Gasteiger partial charge on any atom is -0.477 e. The highest BCUT2D eigenvalue weighted by Crippen LogP contribution is 2.41.